The molecule has 8 bridgehead atoms. The standard InChI is InChI=1S/C61H52N5O10P/c62-60(66-61(69)75-28-29-8-2-1-3-9-29)65-59(68)51-15-14-50(64-51)58(67)63-16-17-73-18-19-74-56-52-46-26-48(44-24-40-36-20-34(38(40)22-42(44)46)30-10-4-6-12-32(30)36)54(52)57(76-77(70,71)72)55-49-27-47(53(55)56)43-23-39-35-21-37(41(39)25-45(43)49)33-13-7-5-11-31(33)35/h1-15,22-25,34-37,46-49,64H,16-21,26-28H2,(H,63,67)(H2,70,71,72)(H3,62,65,66,68,69)/t34-,35+,36+,37-,46-,47+,48+,49-. The molecule has 7 N–H and O–H groups in total. The van der Waals surface area contributed by atoms with E-state index in [-0.39, 0.29) is 68.0 Å². The van der Waals surface area contributed by atoms with Crippen molar-refractivity contribution in [2.24, 2.45) is 10.7 Å². The molecule has 77 heavy (non-hydrogen) atoms. The highest BCUT2D eigenvalue weighted by molar-refractivity contribution is 7.46. The molecule has 8 aliphatic carbocycles. The van der Waals surface area contributed by atoms with Crippen LogP contribution in [0.1, 0.15) is 189 Å². The second-order valence-corrected chi connectivity index (χ2v) is 22.9. The van der Waals surface area contributed by atoms with Gasteiger partial charge in [0.1, 0.15) is 36.1 Å². The smallest absolute Gasteiger partial charge is 0.491 e. The van der Waals surface area contributed by atoms with Gasteiger partial charge >= 0.3 is 13.9 Å². The van der Waals surface area contributed by atoms with Crippen LogP contribution in [0.3, 0.4) is 0 Å². The Balaban J connectivity index is 0.678. The highest BCUT2D eigenvalue weighted by Gasteiger charge is 2.56. The Morgan fingerprint density at radius 3 is 1.49 bits per heavy atom. The van der Waals surface area contributed by atoms with Crippen molar-refractivity contribution in [2.45, 2.75) is 79.6 Å². The lowest BCUT2D eigenvalue weighted by Gasteiger charge is -2.33. The minimum Gasteiger partial charge on any atom is -0.491 e. The molecule has 1 aromatic heterocycles. The number of carbonyl (C=O) groups is 3. The average Bonchev–Trinajstić information content (AvgIpc) is 3.98. The van der Waals surface area contributed by atoms with Crippen LogP contribution in [0.4, 0.5) is 4.79 Å². The highest BCUT2D eigenvalue weighted by atomic mass is 31.2. The van der Waals surface area contributed by atoms with Gasteiger partial charge in [0, 0.05) is 76.1 Å². The molecule has 16 heteroatoms. The Kier molecular flexibility index (Phi) is 10.5. The van der Waals surface area contributed by atoms with Crippen molar-refractivity contribution in [1.82, 2.24) is 15.6 Å². The maximum atomic E-state index is 13.2. The number of fused-ring (bicyclic) bond motifs is 32. The summed E-state index contributed by atoms with van der Waals surface area (Å²) < 4.78 is 37.5. The van der Waals surface area contributed by atoms with Crippen LogP contribution < -0.4 is 25.6 Å². The number of aromatic nitrogens is 1. The second-order valence-electron chi connectivity index (χ2n) is 21.7. The predicted octanol–water partition coefficient (Wildman–Crippen LogP) is 9.62. The molecule has 8 aliphatic rings. The number of phosphoric acid groups is 1. The van der Waals surface area contributed by atoms with Crippen molar-refractivity contribution in [2.75, 3.05) is 26.4 Å². The largest absolute Gasteiger partial charge is 0.524 e. The first-order valence-corrected chi connectivity index (χ1v) is 28.0. The van der Waals surface area contributed by atoms with Crippen LogP contribution in [-0.4, -0.2) is 65.0 Å². The van der Waals surface area contributed by atoms with Crippen LogP contribution in [0, 0.1) is 0 Å². The number of amides is 3. The predicted molar refractivity (Wildman–Crippen MR) is 283 cm³/mol. The van der Waals surface area contributed by atoms with E-state index >= 15 is 0 Å². The molecule has 386 valence electrons. The molecule has 0 fully saturated rings. The van der Waals surface area contributed by atoms with Crippen molar-refractivity contribution in [1.29, 1.82) is 0 Å². The average molecular weight is 1050 g/mol. The minimum absolute atomic E-state index is 0.0117. The number of guanidine groups is 1. The van der Waals surface area contributed by atoms with Gasteiger partial charge in [-0.1, -0.05) is 103 Å². The first kappa shape index (κ1) is 46.5. The maximum absolute atomic E-state index is 13.2. The molecule has 0 radical (unpaired) electrons. The molecule has 6 aromatic carbocycles. The zero-order valence-corrected chi connectivity index (χ0v) is 42.5. The number of nitrogens with one attached hydrogen (secondary N) is 3. The Morgan fingerprint density at radius 1 is 0.558 bits per heavy atom. The molecule has 15 nitrogen and oxygen atoms in total. The molecule has 0 aliphatic heterocycles. The van der Waals surface area contributed by atoms with E-state index in [2.05, 4.69) is 93.4 Å². The third-order valence-electron chi connectivity index (χ3n) is 18.0. The van der Waals surface area contributed by atoms with Gasteiger partial charge in [-0.2, -0.15) is 0 Å². The van der Waals surface area contributed by atoms with Gasteiger partial charge < -0.3 is 34.8 Å². The van der Waals surface area contributed by atoms with Crippen molar-refractivity contribution in [3.63, 3.8) is 0 Å². The topological polar surface area (TPSA) is 224 Å². The summed E-state index contributed by atoms with van der Waals surface area (Å²) >= 11 is 0. The Hall–Kier alpha value is -7.81. The summed E-state index contributed by atoms with van der Waals surface area (Å²) in [6, 6.07) is 39.2. The lowest BCUT2D eigenvalue weighted by Crippen LogP contribution is -2.37. The lowest BCUT2D eigenvalue weighted by atomic mass is 9.74. The van der Waals surface area contributed by atoms with E-state index in [1.54, 1.807) is 12.1 Å². The SMILES string of the molecule is N/C(=N\C(=O)OCc1ccccc1)NC(=O)c1ccc(C(=O)NCCOCCOc2c3c(c(OP(=O)(O)O)c4c2[C@H]2C[C@@H]4c4cc5c(cc42)[C@H]2C[C@@H]5c4ccccc42)[C@H]2C[C@@H]3c3cc4c(cc32)[C@H]2C[C@@H]4c3ccccc32)[nH]1. The van der Waals surface area contributed by atoms with Gasteiger partial charge in [-0.05, 0) is 110 Å². The summed E-state index contributed by atoms with van der Waals surface area (Å²) in [4.78, 5) is 66.0. The van der Waals surface area contributed by atoms with Crippen LogP contribution >= 0.6 is 7.82 Å². The highest BCUT2D eigenvalue weighted by Crippen LogP contribution is 2.72. The van der Waals surface area contributed by atoms with Gasteiger partial charge in [-0.15, -0.1) is 4.99 Å². The molecule has 0 spiro atoms. The van der Waals surface area contributed by atoms with E-state index in [1.807, 2.05) is 18.2 Å². The van der Waals surface area contributed by atoms with Crippen LogP contribution in [0.5, 0.6) is 11.5 Å². The Morgan fingerprint density at radius 2 is 1.00 bits per heavy atom. The number of aliphatic imine (C=N–C) groups is 1. The fourth-order valence-corrected chi connectivity index (χ4v) is 15.6. The number of nitrogens with two attached hydrogens (primary N) is 1. The van der Waals surface area contributed by atoms with Crippen molar-refractivity contribution >= 4 is 31.7 Å². The Labute approximate surface area is 442 Å². The van der Waals surface area contributed by atoms with Gasteiger partial charge in [0.25, 0.3) is 11.8 Å². The molecule has 0 saturated heterocycles. The van der Waals surface area contributed by atoms with Gasteiger partial charge in [0.15, 0.2) is 0 Å². The van der Waals surface area contributed by atoms with Gasteiger partial charge in [0.05, 0.1) is 13.2 Å². The molecular weight excluding hydrogens is 994 g/mol. The van der Waals surface area contributed by atoms with Gasteiger partial charge in [0.2, 0.25) is 5.96 Å². The van der Waals surface area contributed by atoms with Crippen molar-refractivity contribution in [3.05, 3.63) is 221 Å². The summed E-state index contributed by atoms with van der Waals surface area (Å²) in [5, 5.41) is 5.13. The number of rotatable bonds is 13. The first-order chi connectivity index (χ1) is 37.5. The number of ether oxygens (including phenoxy) is 3. The van der Waals surface area contributed by atoms with E-state index in [1.165, 1.54) is 78.9 Å². The van der Waals surface area contributed by atoms with Crippen LogP contribution in [0.2, 0.25) is 0 Å². The number of hydrogen-bond donors (Lipinski definition) is 6. The van der Waals surface area contributed by atoms with E-state index in [9.17, 15) is 28.7 Å². The van der Waals surface area contributed by atoms with Crippen molar-refractivity contribution < 1.29 is 47.5 Å². The quantitative estimate of drug-likeness (QED) is 0.0276. The van der Waals surface area contributed by atoms with Crippen LogP contribution in [-0.2, 0) is 20.6 Å². The minimum atomic E-state index is -5.02. The summed E-state index contributed by atoms with van der Waals surface area (Å²) in [6.45, 7) is 0.726. The summed E-state index contributed by atoms with van der Waals surface area (Å²) in [5.74, 6) is 0.502. The zero-order chi connectivity index (χ0) is 52.0. The van der Waals surface area contributed by atoms with E-state index in [0.717, 1.165) is 59.3 Å². The number of phosphoric ester groups is 1. The van der Waals surface area contributed by atoms with E-state index in [0.29, 0.717) is 29.4 Å². The molecule has 7 aromatic rings. The fraction of sp³-hybridized carbons (Fsp3) is 0.279. The molecule has 15 rings (SSSR count). The lowest BCUT2D eigenvalue weighted by molar-refractivity contribution is 0.0861. The summed E-state index contributed by atoms with van der Waals surface area (Å²) in [7, 11) is -5.02. The second kappa shape index (κ2) is 17.4. The number of H-pyrrole nitrogens is 1. The zero-order valence-electron chi connectivity index (χ0n) is 41.6. The fourth-order valence-electron chi connectivity index (χ4n) is 15.2. The molecular formula is C61H52N5O10P. The van der Waals surface area contributed by atoms with Crippen molar-refractivity contribution in [3.8, 4) is 11.5 Å². The monoisotopic (exact) mass is 1050 g/mol. The van der Waals surface area contributed by atoms with E-state index < -0.39 is 31.7 Å². The molecule has 0 saturated carbocycles. The third-order valence-corrected chi connectivity index (χ3v) is 18.4. The molecule has 1 heterocycles. The number of hydrogen-bond acceptors (Lipinski definition) is 8. The third kappa shape index (κ3) is 7.24. The molecule has 3 amide bonds. The normalized spacial score (nSPS) is 23.1. The number of carbonyl (C=O) groups excluding carboxylic acids is 3. The summed E-state index contributed by atoms with van der Waals surface area (Å²) in [6.07, 6.45) is 2.69. The van der Waals surface area contributed by atoms with Crippen LogP contribution in [0.25, 0.3) is 0 Å². The Bertz CT molecular complexity index is 3650. The van der Waals surface area contributed by atoms with Gasteiger partial charge in [-0.3, -0.25) is 24.7 Å². The first-order valence-electron chi connectivity index (χ1n) is 26.5. The number of aromatic amines is 1. The van der Waals surface area contributed by atoms with Gasteiger partial charge in [-0.25, -0.2) is 9.36 Å². The molecule has 8 atom stereocenters. The maximum Gasteiger partial charge on any atom is 0.524 e. The molecule has 0 unspecified atom stereocenters. The number of nitrogens with zero attached hydrogens (tertiary/aromatic N) is 1. The van der Waals surface area contributed by atoms with E-state index in [4.69, 9.17) is 24.5 Å². The van der Waals surface area contributed by atoms with Crippen LogP contribution in [0.15, 0.2) is 120 Å². The number of benzene rings is 6. The summed E-state index contributed by atoms with van der Waals surface area (Å²) in [5.41, 5.74) is 26.5.